The number of aryl methyl sites for hydroxylation is 3. The number of nitrogens with zero attached hydrogens (tertiary/aromatic N) is 1. The molecular formula is C23H24N2O. The van der Waals surface area contributed by atoms with Crippen molar-refractivity contribution in [2.45, 2.75) is 27.2 Å². The van der Waals surface area contributed by atoms with Crippen molar-refractivity contribution in [3.05, 3.63) is 95.6 Å². The number of hydrogen-bond acceptors (Lipinski definition) is 2. The predicted molar refractivity (Wildman–Crippen MR) is 109 cm³/mol. The van der Waals surface area contributed by atoms with Crippen molar-refractivity contribution in [3.63, 3.8) is 0 Å². The summed E-state index contributed by atoms with van der Waals surface area (Å²) in [4.78, 5) is 7.97. The number of aromatic nitrogens is 2. The fraction of sp³-hybridized carbons (Fsp3) is 0.174. The topological polar surface area (TPSA) is 37.9 Å². The average molecular weight is 344 g/mol. The lowest BCUT2D eigenvalue weighted by Gasteiger charge is -2.14. The van der Waals surface area contributed by atoms with E-state index in [0.717, 1.165) is 40.1 Å². The molecule has 0 aliphatic heterocycles. The van der Waals surface area contributed by atoms with Gasteiger partial charge in [-0.25, -0.2) is 4.98 Å². The van der Waals surface area contributed by atoms with Crippen LogP contribution in [0.4, 0.5) is 0 Å². The quantitative estimate of drug-likeness (QED) is 0.686. The van der Waals surface area contributed by atoms with Crippen LogP contribution in [0, 0.1) is 20.8 Å². The molecule has 0 saturated carbocycles. The Morgan fingerprint density at radius 1 is 1.08 bits per heavy atom. The molecular weight excluding hydrogens is 320 g/mol. The van der Waals surface area contributed by atoms with Gasteiger partial charge in [0.2, 0.25) is 0 Å². The lowest BCUT2D eigenvalue weighted by molar-refractivity contribution is 0.468. The summed E-state index contributed by atoms with van der Waals surface area (Å²) in [6.07, 6.45) is 11.3. The van der Waals surface area contributed by atoms with Crippen LogP contribution in [0.3, 0.4) is 0 Å². The Labute approximate surface area is 155 Å². The van der Waals surface area contributed by atoms with E-state index in [9.17, 15) is 0 Å². The molecule has 0 spiro atoms. The van der Waals surface area contributed by atoms with Gasteiger partial charge in [0.1, 0.15) is 5.76 Å². The Morgan fingerprint density at radius 3 is 2.54 bits per heavy atom. The minimum Gasteiger partial charge on any atom is -0.454 e. The first-order valence-corrected chi connectivity index (χ1v) is 8.70. The summed E-state index contributed by atoms with van der Waals surface area (Å²) in [6.45, 7) is 14.2. The summed E-state index contributed by atoms with van der Waals surface area (Å²) < 4.78 is 5.93. The molecule has 0 unspecified atom stereocenters. The number of H-pyrrole nitrogens is 1. The molecule has 26 heavy (non-hydrogen) atoms. The van der Waals surface area contributed by atoms with Crippen molar-refractivity contribution in [3.8, 4) is 0 Å². The maximum atomic E-state index is 5.93. The molecule has 3 nitrogen and oxygen atoms in total. The summed E-state index contributed by atoms with van der Waals surface area (Å²) >= 11 is 0. The minimum absolute atomic E-state index is 0.461. The Hall–Kier alpha value is -3.07. The number of imidazole rings is 1. The van der Waals surface area contributed by atoms with Crippen molar-refractivity contribution in [1.29, 1.82) is 0 Å². The second-order valence-corrected chi connectivity index (χ2v) is 6.46. The summed E-state index contributed by atoms with van der Waals surface area (Å²) in [5.74, 6) is 1.67. The molecule has 0 saturated heterocycles. The van der Waals surface area contributed by atoms with Gasteiger partial charge in [-0.3, -0.25) is 0 Å². The summed E-state index contributed by atoms with van der Waals surface area (Å²) in [5.41, 5.74) is 6.26. The van der Waals surface area contributed by atoms with Gasteiger partial charge in [-0.15, -0.1) is 0 Å². The molecule has 3 rings (SSSR count). The van der Waals surface area contributed by atoms with Crippen LogP contribution in [0.2, 0.25) is 0 Å². The van der Waals surface area contributed by atoms with Gasteiger partial charge < -0.3 is 9.72 Å². The van der Waals surface area contributed by atoms with Crippen LogP contribution in [0.1, 0.15) is 40.3 Å². The van der Waals surface area contributed by atoms with Crippen molar-refractivity contribution >= 4 is 17.1 Å². The van der Waals surface area contributed by atoms with Crippen LogP contribution >= 0.6 is 0 Å². The smallest absolute Gasteiger partial charge is 0.173 e. The lowest BCUT2D eigenvalue weighted by Crippen LogP contribution is -1.97. The highest BCUT2D eigenvalue weighted by molar-refractivity contribution is 5.76. The van der Waals surface area contributed by atoms with Crippen molar-refractivity contribution in [2.75, 3.05) is 0 Å². The van der Waals surface area contributed by atoms with Crippen LogP contribution in [-0.4, -0.2) is 9.97 Å². The van der Waals surface area contributed by atoms with Gasteiger partial charge in [-0.1, -0.05) is 61.7 Å². The number of benzene rings is 1. The molecule has 0 bridgehead atoms. The Bertz CT molecular complexity index is 934. The molecule has 1 aliphatic carbocycles. The number of rotatable bonds is 5. The molecule has 1 aliphatic rings. The standard InChI is InChI=1S/C23H24N2O/c1-15-11-10-12-16(2)21(15)18(4)26-19(5)23-24-17(3)22(25-23)20-13-8-6-7-9-14-20/h6-8,10-14H,4-5,9H2,1-3H3,(H,24,25). The maximum Gasteiger partial charge on any atom is 0.173 e. The van der Waals surface area contributed by atoms with Gasteiger partial charge in [0, 0.05) is 11.3 Å². The Kier molecular flexibility index (Phi) is 5.08. The third-order valence-electron chi connectivity index (χ3n) is 4.43. The highest BCUT2D eigenvalue weighted by atomic mass is 16.5. The fourth-order valence-electron chi connectivity index (χ4n) is 3.13. The predicted octanol–water partition coefficient (Wildman–Crippen LogP) is 5.89. The van der Waals surface area contributed by atoms with Gasteiger partial charge in [0.25, 0.3) is 0 Å². The number of nitrogens with one attached hydrogen (secondary N) is 1. The zero-order valence-electron chi connectivity index (χ0n) is 15.6. The SMILES string of the molecule is C=C(OC(=C)c1c(C)cccc1C)c1nc(C2=CCC=CC=C2)c(C)[nH]1. The summed E-state index contributed by atoms with van der Waals surface area (Å²) in [6, 6.07) is 6.13. The van der Waals surface area contributed by atoms with E-state index in [2.05, 4.69) is 36.4 Å². The van der Waals surface area contributed by atoms with E-state index in [1.54, 1.807) is 0 Å². The van der Waals surface area contributed by atoms with Crippen LogP contribution in [0.25, 0.3) is 17.1 Å². The first-order valence-electron chi connectivity index (χ1n) is 8.70. The highest BCUT2D eigenvalue weighted by Gasteiger charge is 2.15. The molecule has 0 amide bonds. The number of hydrogen-bond donors (Lipinski definition) is 1. The molecule has 1 N–H and O–H groups in total. The molecule has 3 heteroatoms. The van der Waals surface area contributed by atoms with Gasteiger partial charge in [-0.05, 0) is 43.9 Å². The maximum absolute atomic E-state index is 5.93. The summed E-state index contributed by atoms with van der Waals surface area (Å²) in [7, 11) is 0. The normalized spacial score (nSPS) is 13.3. The fourth-order valence-corrected chi connectivity index (χ4v) is 3.13. The van der Waals surface area contributed by atoms with Gasteiger partial charge in [0.05, 0.1) is 5.69 Å². The third-order valence-corrected chi connectivity index (χ3v) is 4.43. The number of ether oxygens (including phenoxy) is 1. The first kappa shape index (κ1) is 17.7. The molecule has 0 fully saturated rings. The third kappa shape index (κ3) is 3.62. The molecule has 2 aromatic rings. The highest BCUT2D eigenvalue weighted by Crippen LogP contribution is 2.28. The zero-order valence-corrected chi connectivity index (χ0v) is 15.6. The molecule has 0 radical (unpaired) electrons. The average Bonchev–Trinajstić information content (AvgIpc) is 2.80. The first-order chi connectivity index (χ1) is 12.5. The van der Waals surface area contributed by atoms with Crippen molar-refractivity contribution in [2.24, 2.45) is 0 Å². The van der Waals surface area contributed by atoms with E-state index in [4.69, 9.17) is 9.72 Å². The second kappa shape index (κ2) is 7.44. The van der Waals surface area contributed by atoms with Crippen molar-refractivity contribution < 1.29 is 4.74 Å². The minimum atomic E-state index is 0.461. The largest absolute Gasteiger partial charge is 0.454 e. The second-order valence-electron chi connectivity index (χ2n) is 6.46. The van der Waals surface area contributed by atoms with Gasteiger partial charge >= 0.3 is 0 Å². The lowest BCUT2D eigenvalue weighted by atomic mass is 10.0. The molecule has 1 aromatic heterocycles. The number of allylic oxidation sites excluding steroid dienone is 6. The molecule has 0 atom stereocenters. The van der Waals surface area contributed by atoms with E-state index >= 15 is 0 Å². The molecule has 1 heterocycles. The number of aromatic amines is 1. The molecule has 1 aromatic carbocycles. The van der Waals surface area contributed by atoms with Crippen LogP contribution in [0.15, 0.2) is 61.7 Å². The van der Waals surface area contributed by atoms with Gasteiger partial charge in [-0.2, -0.15) is 0 Å². The van der Waals surface area contributed by atoms with E-state index < -0.39 is 0 Å². The Morgan fingerprint density at radius 2 is 1.81 bits per heavy atom. The van der Waals surface area contributed by atoms with E-state index in [-0.39, 0.29) is 0 Å². The summed E-state index contributed by atoms with van der Waals surface area (Å²) in [5, 5.41) is 0. The van der Waals surface area contributed by atoms with E-state index in [1.165, 1.54) is 0 Å². The zero-order chi connectivity index (χ0) is 18.7. The Balaban J connectivity index is 1.82. The van der Waals surface area contributed by atoms with Gasteiger partial charge in [0.15, 0.2) is 11.6 Å². The van der Waals surface area contributed by atoms with E-state index in [1.807, 2.05) is 51.1 Å². The van der Waals surface area contributed by atoms with Crippen LogP contribution < -0.4 is 0 Å². The molecule has 132 valence electrons. The van der Waals surface area contributed by atoms with Crippen molar-refractivity contribution in [1.82, 2.24) is 9.97 Å². The van der Waals surface area contributed by atoms with Crippen LogP contribution in [-0.2, 0) is 4.74 Å². The van der Waals surface area contributed by atoms with Crippen LogP contribution in [0.5, 0.6) is 0 Å². The monoisotopic (exact) mass is 344 g/mol. The van der Waals surface area contributed by atoms with E-state index in [0.29, 0.717) is 17.3 Å².